The van der Waals surface area contributed by atoms with Gasteiger partial charge in [0, 0.05) is 13.1 Å². The van der Waals surface area contributed by atoms with Crippen LogP contribution in [0.25, 0.3) is 0 Å². The first-order valence-corrected chi connectivity index (χ1v) is 7.60. The number of aliphatic hydroxyl groups excluding tert-OH is 2. The molecule has 6 heteroatoms. The zero-order valence-electron chi connectivity index (χ0n) is 13.1. The number of nitrogens with one attached hydrogen (secondary N) is 2. The minimum Gasteiger partial charge on any atom is -0.387 e. The van der Waals surface area contributed by atoms with E-state index in [-0.39, 0.29) is 13.1 Å². The molecule has 2 aromatic carbocycles. The quantitative estimate of drug-likeness (QED) is 0.586. The van der Waals surface area contributed by atoms with Gasteiger partial charge >= 0.3 is 11.8 Å². The number of benzene rings is 2. The summed E-state index contributed by atoms with van der Waals surface area (Å²) in [6, 6.07) is 17.7. The summed E-state index contributed by atoms with van der Waals surface area (Å²) in [5, 5.41) is 24.6. The van der Waals surface area contributed by atoms with Crippen LogP contribution in [0, 0.1) is 0 Å². The monoisotopic (exact) mass is 328 g/mol. The van der Waals surface area contributed by atoms with Gasteiger partial charge in [-0.2, -0.15) is 0 Å². The molecule has 0 aliphatic carbocycles. The van der Waals surface area contributed by atoms with E-state index in [0.717, 1.165) is 0 Å². The number of aliphatic hydroxyl groups is 2. The molecule has 2 aromatic rings. The number of hydrogen-bond acceptors (Lipinski definition) is 4. The Balaban J connectivity index is 1.75. The number of carbonyl (C=O) groups excluding carboxylic acids is 2. The number of amides is 2. The molecule has 0 aliphatic rings. The molecule has 0 bridgehead atoms. The maximum atomic E-state index is 11.7. The number of rotatable bonds is 6. The molecule has 0 unspecified atom stereocenters. The molecule has 0 heterocycles. The standard InChI is InChI=1S/C18H20N2O4/c21-15(13-7-3-1-4-8-13)11-19-17(23)18(24)20-12-16(22)14-9-5-2-6-10-14/h1-10,15-16,21-22H,11-12H2,(H,19,23)(H,20,24)/t15-,16-/m1/s1. The SMILES string of the molecule is O=C(NC[C@@H](O)c1ccccc1)C(=O)NC[C@@H](O)c1ccccc1. The summed E-state index contributed by atoms with van der Waals surface area (Å²) in [6.07, 6.45) is -1.78. The normalized spacial score (nSPS) is 12.9. The van der Waals surface area contributed by atoms with Crippen molar-refractivity contribution in [3.63, 3.8) is 0 Å². The van der Waals surface area contributed by atoms with Crippen LogP contribution in [-0.2, 0) is 9.59 Å². The molecule has 2 rings (SSSR count). The zero-order valence-corrected chi connectivity index (χ0v) is 13.1. The van der Waals surface area contributed by atoms with Crippen LogP contribution in [-0.4, -0.2) is 35.1 Å². The van der Waals surface area contributed by atoms with Crippen molar-refractivity contribution in [1.29, 1.82) is 0 Å². The average molecular weight is 328 g/mol. The van der Waals surface area contributed by atoms with Crippen LogP contribution in [0.3, 0.4) is 0 Å². The maximum absolute atomic E-state index is 11.7. The van der Waals surface area contributed by atoms with Gasteiger partial charge in [-0.25, -0.2) is 0 Å². The molecule has 0 saturated heterocycles. The topological polar surface area (TPSA) is 98.7 Å². The summed E-state index contributed by atoms with van der Waals surface area (Å²) in [7, 11) is 0. The zero-order chi connectivity index (χ0) is 17.4. The lowest BCUT2D eigenvalue weighted by atomic mass is 10.1. The molecule has 126 valence electrons. The molecule has 0 fully saturated rings. The van der Waals surface area contributed by atoms with Crippen LogP contribution in [0.1, 0.15) is 23.3 Å². The highest BCUT2D eigenvalue weighted by atomic mass is 16.3. The fourth-order valence-electron chi connectivity index (χ4n) is 2.13. The van der Waals surface area contributed by atoms with Crippen molar-refractivity contribution in [1.82, 2.24) is 10.6 Å². The predicted molar refractivity (Wildman–Crippen MR) is 88.8 cm³/mol. The average Bonchev–Trinajstić information content (AvgIpc) is 2.64. The van der Waals surface area contributed by atoms with E-state index in [2.05, 4.69) is 10.6 Å². The van der Waals surface area contributed by atoms with Crippen molar-refractivity contribution in [2.45, 2.75) is 12.2 Å². The van der Waals surface area contributed by atoms with Crippen LogP contribution in [0.4, 0.5) is 0 Å². The van der Waals surface area contributed by atoms with Gasteiger partial charge in [-0.05, 0) is 11.1 Å². The Kier molecular flexibility index (Phi) is 6.48. The van der Waals surface area contributed by atoms with E-state index < -0.39 is 24.0 Å². The Labute approximate surface area is 140 Å². The van der Waals surface area contributed by atoms with Gasteiger partial charge in [0.05, 0.1) is 12.2 Å². The number of carbonyl (C=O) groups is 2. The molecule has 4 N–H and O–H groups in total. The second-order valence-electron chi connectivity index (χ2n) is 5.27. The molecular weight excluding hydrogens is 308 g/mol. The molecular formula is C18H20N2O4. The lowest BCUT2D eigenvalue weighted by Gasteiger charge is -2.14. The third-order valence-corrected chi connectivity index (χ3v) is 3.49. The highest BCUT2D eigenvalue weighted by Crippen LogP contribution is 2.11. The van der Waals surface area contributed by atoms with E-state index in [4.69, 9.17) is 0 Å². The van der Waals surface area contributed by atoms with Crippen LogP contribution >= 0.6 is 0 Å². The molecule has 0 radical (unpaired) electrons. The Morgan fingerprint density at radius 2 is 1.04 bits per heavy atom. The highest BCUT2D eigenvalue weighted by Gasteiger charge is 2.17. The van der Waals surface area contributed by atoms with Crippen molar-refractivity contribution < 1.29 is 19.8 Å². The molecule has 0 aromatic heterocycles. The van der Waals surface area contributed by atoms with Crippen molar-refractivity contribution in [3.05, 3.63) is 71.8 Å². The number of hydrogen-bond donors (Lipinski definition) is 4. The van der Waals surface area contributed by atoms with Gasteiger partial charge in [0.25, 0.3) is 0 Å². The second kappa shape index (κ2) is 8.81. The predicted octanol–water partition coefficient (Wildman–Crippen LogP) is 0.686. The van der Waals surface area contributed by atoms with Gasteiger partial charge in [-0.3, -0.25) is 9.59 Å². The summed E-state index contributed by atoms with van der Waals surface area (Å²) < 4.78 is 0. The summed E-state index contributed by atoms with van der Waals surface area (Å²) in [5.74, 6) is -1.71. The van der Waals surface area contributed by atoms with Gasteiger partial charge in [0.2, 0.25) is 0 Å². The Morgan fingerprint density at radius 3 is 1.38 bits per heavy atom. The van der Waals surface area contributed by atoms with Gasteiger partial charge in [-0.1, -0.05) is 60.7 Å². The Morgan fingerprint density at radius 1 is 0.708 bits per heavy atom. The van der Waals surface area contributed by atoms with E-state index in [0.29, 0.717) is 11.1 Å². The van der Waals surface area contributed by atoms with Gasteiger partial charge in [0.1, 0.15) is 0 Å². The fraction of sp³-hybridized carbons (Fsp3) is 0.222. The first-order valence-electron chi connectivity index (χ1n) is 7.60. The van der Waals surface area contributed by atoms with Crippen molar-refractivity contribution >= 4 is 11.8 Å². The van der Waals surface area contributed by atoms with Crippen molar-refractivity contribution in [3.8, 4) is 0 Å². The molecule has 2 amide bonds. The minimum atomic E-state index is -0.891. The third kappa shape index (κ3) is 5.19. The summed E-state index contributed by atoms with van der Waals surface area (Å²) in [6.45, 7) is -0.144. The van der Waals surface area contributed by atoms with Crippen molar-refractivity contribution in [2.24, 2.45) is 0 Å². The molecule has 2 atom stereocenters. The molecule has 24 heavy (non-hydrogen) atoms. The van der Waals surface area contributed by atoms with Crippen molar-refractivity contribution in [2.75, 3.05) is 13.1 Å². The Bertz CT molecular complexity index is 602. The molecule has 0 saturated carbocycles. The van der Waals surface area contributed by atoms with E-state index in [1.165, 1.54) is 0 Å². The van der Waals surface area contributed by atoms with Crippen LogP contribution in [0.15, 0.2) is 60.7 Å². The van der Waals surface area contributed by atoms with E-state index in [1.54, 1.807) is 48.5 Å². The third-order valence-electron chi connectivity index (χ3n) is 3.49. The first-order chi connectivity index (χ1) is 11.6. The van der Waals surface area contributed by atoms with Gasteiger partial charge < -0.3 is 20.8 Å². The molecule has 0 spiro atoms. The van der Waals surface area contributed by atoms with E-state index >= 15 is 0 Å². The largest absolute Gasteiger partial charge is 0.387 e. The van der Waals surface area contributed by atoms with Crippen LogP contribution in [0.2, 0.25) is 0 Å². The van der Waals surface area contributed by atoms with Gasteiger partial charge in [-0.15, -0.1) is 0 Å². The summed E-state index contributed by atoms with van der Waals surface area (Å²) in [5.41, 5.74) is 1.30. The molecule has 0 aliphatic heterocycles. The maximum Gasteiger partial charge on any atom is 0.309 e. The lowest BCUT2D eigenvalue weighted by Crippen LogP contribution is -2.42. The van der Waals surface area contributed by atoms with Gasteiger partial charge in [0.15, 0.2) is 0 Å². The molecule has 6 nitrogen and oxygen atoms in total. The lowest BCUT2D eigenvalue weighted by molar-refractivity contribution is -0.139. The first kappa shape index (κ1) is 17.7. The summed E-state index contributed by atoms with van der Waals surface area (Å²) in [4.78, 5) is 23.4. The minimum absolute atomic E-state index is 0.0719. The second-order valence-corrected chi connectivity index (χ2v) is 5.27. The highest BCUT2D eigenvalue weighted by molar-refractivity contribution is 6.35. The summed E-state index contributed by atoms with van der Waals surface area (Å²) >= 11 is 0. The van der Waals surface area contributed by atoms with E-state index in [9.17, 15) is 19.8 Å². The van der Waals surface area contributed by atoms with Crippen LogP contribution < -0.4 is 10.6 Å². The van der Waals surface area contributed by atoms with E-state index in [1.807, 2.05) is 12.1 Å². The Hall–Kier alpha value is -2.70. The van der Waals surface area contributed by atoms with Crippen LogP contribution in [0.5, 0.6) is 0 Å². The fourth-order valence-corrected chi connectivity index (χ4v) is 2.13. The smallest absolute Gasteiger partial charge is 0.309 e.